The van der Waals surface area contributed by atoms with Gasteiger partial charge in [0.05, 0.1) is 6.54 Å². The molecule has 1 aromatic heterocycles. The quantitative estimate of drug-likeness (QED) is 0.455. The number of nitrogens with one attached hydrogen (secondary N) is 2. The fraction of sp³-hybridized carbons (Fsp3) is 0.647. The number of likely N-dealkylation sites (tertiary alicyclic amines) is 1. The van der Waals surface area contributed by atoms with Crippen LogP contribution in [0.2, 0.25) is 5.15 Å². The molecule has 0 spiro atoms. The molecule has 0 amide bonds. The minimum Gasteiger partial charge on any atom is -0.357 e. The smallest absolute Gasteiger partial charge is 0.191 e. The average molecular weight is 338 g/mol. The molecule has 0 aliphatic carbocycles. The van der Waals surface area contributed by atoms with Crippen LogP contribution in [0.15, 0.2) is 23.3 Å². The highest BCUT2D eigenvalue weighted by Gasteiger charge is 2.22. The van der Waals surface area contributed by atoms with Gasteiger partial charge in [-0.15, -0.1) is 0 Å². The summed E-state index contributed by atoms with van der Waals surface area (Å²) < 4.78 is 0. The van der Waals surface area contributed by atoms with Gasteiger partial charge in [-0.25, -0.2) is 4.98 Å². The number of guanidine groups is 1. The summed E-state index contributed by atoms with van der Waals surface area (Å²) in [6.45, 7) is 9.22. The summed E-state index contributed by atoms with van der Waals surface area (Å²) in [5, 5.41) is 7.25. The zero-order valence-corrected chi connectivity index (χ0v) is 14.9. The number of aliphatic imine (C=N–C) groups is 1. The average Bonchev–Trinajstić information content (AvgIpc) is 3.02. The Hall–Kier alpha value is -1.33. The minimum absolute atomic E-state index is 0.536. The summed E-state index contributed by atoms with van der Waals surface area (Å²) in [4.78, 5) is 11.4. The van der Waals surface area contributed by atoms with Gasteiger partial charge in [-0.1, -0.05) is 24.6 Å². The van der Waals surface area contributed by atoms with Crippen molar-refractivity contribution in [3.05, 3.63) is 29.0 Å². The molecule has 5 nitrogen and oxygen atoms in total. The number of likely N-dealkylation sites (N-methyl/N-ethyl adjacent to an activating group) is 1. The van der Waals surface area contributed by atoms with E-state index in [-0.39, 0.29) is 0 Å². The summed E-state index contributed by atoms with van der Waals surface area (Å²) in [7, 11) is 0. The second-order valence-electron chi connectivity index (χ2n) is 5.81. The number of nitrogens with zero attached hydrogens (tertiary/aromatic N) is 3. The Morgan fingerprint density at radius 1 is 1.39 bits per heavy atom. The van der Waals surface area contributed by atoms with Crippen LogP contribution in [-0.2, 0) is 6.42 Å². The van der Waals surface area contributed by atoms with Gasteiger partial charge in [0.25, 0.3) is 0 Å². The Labute approximate surface area is 144 Å². The summed E-state index contributed by atoms with van der Waals surface area (Å²) >= 11 is 5.80. The lowest BCUT2D eigenvalue weighted by molar-refractivity contribution is 0.273. The highest BCUT2D eigenvalue weighted by molar-refractivity contribution is 6.29. The number of hydrogen-bond acceptors (Lipinski definition) is 3. The number of pyridine rings is 1. The fourth-order valence-corrected chi connectivity index (χ4v) is 3.05. The van der Waals surface area contributed by atoms with Gasteiger partial charge in [-0.2, -0.15) is 0 Å². The minimum atomic E-state index is 0.536. The number of hydrogen-bond donors (Lipinski definition) is 2. The van der Waals surface area contributed by atoms with E-state index in [0.29, 0.717) is 11.2 Å². The SMILES string of the molecule is CCNC(=NCC1CCCN1CC)NCCc1ccc(Cl)nc1. The molecule has 1 atom stereocenters. The van der Waals surface area contributed by atoms with E-state index in [2.05, 4.69) is 34.4 Å². The van der Waals surface area contributed by atoms with Gasteiger partial charge in [0.15, 0.2) is 5.96 Å². The zero-order valence-electron chi connectivity index (χ0n) is 14.2. The molecule has 0 radical (unpaired) electrons. The first-order valence-corrected chi connectivity index (χ1v) is 8.97. The maximum Gasteiger partial charge on any atom is 0.191 e. The molecule has 23 heavy (non-hydrogen) atoms. The van der Waals surface area contributed by atoms with Gasteiger partial charge >= 0.3 is 0 Å². The fourth-order valence-electron chi connectivity index (χ4n) is 2.94. The summed E-state index contributed by atoms with van der Waals surface area (Å²) in [6, 6.07) is 4.44. The molecular formula is C17H28ClN5. The van der Waals surface area contributed by atoms with Gasteiger partial charge in [0.2, 0.25) is 0 Å². The van der Waals surface area contributed by atoms with E-state index in [1.807, 2.05) is 18.3 Å². The van der Waals surface area contributed by atoms with Crippen molar-refractivity contribution in [1.82, 2.24) is 20.5 Å². The van der Waals surface area contributed by atoms with E-state index in [1.54, 1.807) is 0 Å². The van der Waals surface area contributed by atoms with E-state index in [9.17, 15) is 0 Å². The van der Waals surface area contributed by atoms with Crippen LogP contribution < -0.4 is 10.6 Å². The molecule has 1 aliphatic heterocycles. The Morgan fingerprint density at radius 3 is 2.96 bits per heavy atom. The van der Waals surface area contributed by atoms with Crippen molar-refractivity contribution < 1.29 is 0 Å². The topological polar surface area (TPSA) is 52.6 Å². The van der Waals surface area contributed by atoms with Crippen LogP contribution in [0.4, 0.5) is 0 Å². The predicted molar refractivity (Wildman–Crippen MR) is 97.2 cm³/mol. The zero-order chi connectivity index (χ0) is 16.5. The summed E-state index contributed by atoms with van der Waals surface area (Å²) in [5.74, 6) is 0.900. The first-order chi connectivity index (χ1) is 11.2. The summed E-state index contributed by atoms with van der Waals surface area (Å²) in [5.41, 5.74) is 1.17. The molecule has 1 aliphatic rings. The maximum absolute atomic E-state index is 5.80. The van der Waals surface area contributed by atoms with Crippen LogP contribution in [0, 0.1) is 0 Å². The molecule has 1 unspecified atom stereocenters. The molecule has 1 fully saturated rings. The van der Waals surface area contributed by atoms with Gasteiger partial charge < -0.3 is 10.6 Å². The van der Waals surface area contributed by atoms with E-state index in [1.165, 1.54) is 24.9 Å². The van der Waals surface area contributed by atoms with Crippen molar-refractivity contribution in [1.29, 1.82) is 0 Å². The van der Waals surface area contributed by atoms with Crippen molar-refractivity contribution in [3.8, 4) is 0 Å². The number of aromatic nitrogens is 1. The number of rotatable bonds is 7. The Morgan fingerprint density at radius 2 is 2.26 bits per heavy atom. The molecule has 0 bridgehead atoms. The first kappa shape index (κ1) is 18.0. The monoisotopic (exact) mass is 337 g/mol. The van der Waals surface area contributed by atoms with E-state index in [4.69, 9.17) is 16.6 Å². The lowest BCUT2D eigenvalue weighted by Crippen LogP contribution is -2.40. The normalized spacial score (nSPS) is 19.1. The Kier molecular flexibility index (Phi) is 7.62. The first-order valence-electron chi connectivity index (χ1n) is 8.59. The highest BCUT2D eigenvalue weighted by Crippen LogP contribution is 2.16. The molecule has 0 aromatic carbocycles. The van der Waals surface area contributed by atoms with Gasteiger partial charge in [-0.05, 0) is 50.9 Å². The predicted octanol–water partition coefficient (Wildman–Crippen LogP) is 2.32. The molecule has 0 saturated carbocycles. The standard InChI is InChI=1S/C17H28ClN5/c1-3-19-17(22-13-15-6-5-11-23(15)4-2)20-10-9-14-7-8-16(18)21-12-14/h7-8,12,15H,3-6,9-11,13H2,1-2H3,(H2,19,20,22). The van der Waals surface area contributed by atoms with Gasteiger partial charge in [0, 0.05) is 25.3 Å². The third-order valence-corrected chi connectivity index (χ3v) is 4.43. The molecule has 2 heterocycles. The van der Waals surface area contributed by atoms with E-state index < -0.39 is 0 Å². The molecule has 1 aromatic rings. The maximum atomic E-state index is 5.80. The van der Waals surface area contributed by atoms with Crippen LogP contribution >= 0.6 is 11.6 Å². The number of halogens is 1. The van der Waals surface area contributed by atoms with Gasteiger partial charge in [0.1, 0.15) is 5.15 Å². The van der Waals surface area contributed by atoms with Crippen LogP contribution in [0.1, 0.15) is 32.3 Å². The van der Waals surface area contributed by atoms with E-state index in [0.717, 1.165) is 38.6 Å². The molecular weight excluding hydrogens is 310 g/mol. The van der Waals surface area contributed by atoms with E-state index >= 15 is 0 Å². The van der Waals surface area contributed by atoms with Crippen molar-refractivity contribution in [2.75, 3.05) is 32.7 Å². The molecule has 2 rings (SSSR count). The highest BCUT2D eigenvalue weighted by atomic mass is 35.5. The lowest BCUT2D eigenvalue weighted by atomic mass is 10.2. The van der Waals surface area contributed by atoms with Crippen molar-refractivity contribution in [2.24, 2.45) is 4.99 Å². The van der Waals surface area contributed by atoms with Crippen LogP contribution in [0.3, 0.4) is 0 Å². The molecule has 1 saturated heterocycles. The largest absolute Gasteiger partial charge is 0.357 e. The van der Waals surface area contributed by atoms with Crippen LogP contribution in [-0.4, -0.2) is 54.6 Å². The molecule has 2 N–H and O–H groups in total. The lowest BCUT2D eigenvalue weighted by Gasteiger charge is -2.21. The van der Waals surface area contributed by atoms with Crippen LogP contribution in [0.5, 0.6) is 0 Å². The third-order valence-electron chi connectivity index (χ3n) is 4.20. The molecule has 6 heteroatoms. The van der Waals surface area contributed by atoms with Crippen molar-refractivity contribution >= 4 is 17.6 Å². The second kappa shape index (κ2) is 9.73. The Balaban J connectivity index is 1.80. The third kappa shape index (κ3) is 5.99. The summed E-state index contributed by atoms with van der Waals surface area (Å²) in [6.07, 6.45) is 5.28. The van der Waals surface area contributed by atoms with Crippen molar-refractivity contribution in [2.45, 2.75) is 39.2 Å². The second-order valence-corrected chi connectivity index (χ2v) is 6.20. The van der Waals surface area contributed by atoms with Crippen LogP contribution in [0.25, 0.3) is 0 Å². The van der Waals surface area contributed by atoms with Crippen molar-refractivity contribution in [3.63, 3.8) is 0 Å². The molecule has 128 valence electrons. The van der Waals surface area contributed by atoms with Gasteiger partial charge in [-0.3, -0.25) is 9.89 Å². The Bertz CT molecular complexity index is 488.